The summed E-state index contributed by atoms with van der Waals surface area (Å²) >= 11 is 0.973. The molecule has 0 fully saturated rings. The second-order valence-electron chi connectivity index (χ2n) is 8.25. The summed E-state index contributed by atoms with van der Waals surface area (Å²) in [5.74, 6) is -1.07. The monoisotopic (exact) mass is 451 g/mol. The number of carboxylic acid groups (broad SMARTS) is 1. The number of nitrogens with zero attached hydrogens (tertiary/aromatic N) is 1. The molecule has 1 N–H and O–H groups in total. The Morgan fingerprint density at radius 1 is 0.935 bits per heavy atom. The van der Waals surface area contributed by atoms with E-state index in [1.54, 1.807) is 6.92 Å². The molecule has 31 heavy (non-hydrogen) atoms. The molecule has 174 valence electrons. The number of aryl methyl sites for hydroxylation is 1. The molecule has 0 atom stereocenters. The van der Waals surface area contributed by atoms with E-state index in [1.807, 2.05) is 0 Å². The van der Waals surface area contributed by atoms with Crippen molar-refractivity contribution in [2.75, 3.05) is 6.61 Å². The van der Waals surface area contributed by atoms with Gasteiger partial charge in [-0.2, -0.15) is 4.98 Å². The van der Waals surface area contributed by atoms with Crippen molar-refractivity contribution in [3.05, 3.63) is 20.9 Å². The van der Waals surface area contributed by atoms with Crippen LogP contribution in [0.3, 0.4) is 0 Å². The Hall–Kier alpha value is -1.89. The normalized spacial score (nSPS) is 11.3. The van der Waals surface area contributed by atoms with Crippen LogP contribution in [0.1, 0.15) is 112 Å². The van der Waals surface area contributed by atoms with Crippen LogP contribution in [0.2, 0.25) is 0 Å². The highest BCUT2D eigenvalue weighted by atomic mass is 32.1. The molecular formula is C24H37NO5S. The molecule has 0 bridgehead atoms. The smallest absolute Gasteiger partial charge is 0.397 e. The SMILES string of the molecule is CCCCCCCCCCCCCCCCOc1nc2sc(C(=O)O)c(C)c2c(=O)o1. The van der Waals surface area contributed by atoms with Gasteiger partial charge in [0.2, 0.25) is 0 Å². The average Bonchev–Trinajstić information content (AvgIpc) is 3.08. The van der Waals surface area contributed by atoms with Crippen molar-refractivity contribution in [1.29, 1.82) is 0 Å². The summed E-state index contributed by atoms with van der Waals surface area (Å²) in [5, 5.41) is 9.43. The molecule has 2 heterocycles. The highest BCUT2D eigenvalue weighted by molar-refractivity contribution is 7.20. The summed E-state index contributed by atoms with van der Waals surface area (Å²) in [6, 6.07) is 0. The van der Waals surface area contributed by atoms with Gasteiger partial charge in [-0.15, -0.1) is 11.3 Å². The lowest BCUT2D eigenvalue weighted by molar-refractivity contribution is 0.0701. The average molecular weight is 452 g/mol. The van der Waals surface area contributed by atoms with Gasteiger partial charge in [-0.1, -0.05) is 90.4 Å². The van der Waals surface area contributed by atoms with E-state index >= 15 is 0 Å². The van der Waals surface area contributed by atoms with Crippen LogP contribution in [0.15, 0.2) is 9.21 Å². The minimum absolute atomic E-state index is 0.0783. The summed E-state index contributed by atoms with van der Waals surface area (Å²) in [6.07, 6.45) is 18.0. The second-order valence-corrected chi connectivity index (χ2v) is 9.25. The molecule has 7 heteroatoms. The van der Waals surface area contributed by atoms with E-state index in [9.17, 15) is 14.7 Å². The molecule has 0 saturated heterocycles. The summed E-state index contributed by atoms with van der Waals surface area (Å²) in [4.78, 5) is 28.0. The third-order valence-corrected chi connectivity index (χ3v) is 6.80. The van der Waals surface area contributed by atoms with E-state index in [4.69, 9.17) is 9.15 Å². The van der Waals surface area contributed by atoms with Crippen LogP contribution < -0.4 is 10.4 Å². The van der Waals surface area contributed by atoms with E-state index in [2.05, 4.69) is 11.9 Å². The number of aromatic carboxylic acids is 1. The van der Waals surface area contributed by atoms with Crippen molar-refractivity contribution >= 4 is 27.5 Å². The Kier molecular flexibility index (Phi) is 11.6. The van der Waals surface area contributed by atoms with Gasteiger partial charge in [-0.05, 0) is 18.9 Å². The number of fused-ring (bicyclic) bond motifs is 1. The quantitative estimate of drug-likeness (QED) is 0.258. The summed E-state index contributed by atoms with van der Waals surface area (Å²) in [5.41, 5.74) is -0.200. The number of hydrogen-bond donors (Lipinski definition) is 1. The zero-order valence-electron chi connectivity index (χ0n) is 19.0. The van der Waals surface area contributed by atoms with Crippen molar-refractivity contribution in [3.8, 4) is 6.08 Å². The summed E-state index contributed by atoms with van der Waals surface area (Å²) in [7, 11) is 0. The highest BCUT2D eigenvalue weighted by Crippen LogP contribution is 2.28. The van der Waals surface area contributed by atoms with Crippen LogP contribution >= 0.6 is 11.3 Å². The maximum atomic E-state index is 12.1. The molecule has 0 aromatic carbocycles. The Morgan fingerprint density at radius 2 is 1.45 bits per heavy atom. The molecule has 0 unspecified atom stereocenters. The Labute approximate surface area is 189 Å². The molecular weight excluding hydrogens is 414 g/mol. The molecule has 0 spiro atoms. The van der Waals surface area contributed by atoms with Gasteiger partial charge in [0, 0.05) is 0 Å². The fourth-order valence-electron chi connectivity index (χ4n) is 3.78. The van der Waals surface area contributed by atoms with Crippen LogP contribution in [0.5, 0.6) is 6.08 Å². The zero-order valence-corrected chi connectivity index (χ0v) is 19.9. The van der Waals surface area contributed by atoms with Crippen molar-refractivity contribution in [2.24, 2.45) is 0 Å². The van der Waals surface area contributed by atoms with Crippen LogP contribution in [0.4, 0.5) is 0 Å². The van der Waals surface area contributed by atoms with Gasteiger partial charge in [0.05, 0.1) is 6.61 Å². The fourth-order valence-corrected chi connectivity index (χ4v) is 4.77. The topological polar surface area (TPSA) is 89.6 Å². The van der Waals surface area contributed by atoms with Gasteiger partial charge in [0.25, 0.3) is 0 Å². The number of unbranched alkanes of at least 4 members (excludes halogenated alkanes) is 13. The molecule has 0 amide bonds. The van der Waals surface area contributed by atoms with E-state index in [0.717, 1.165) is 24.2 Å². The molecule has 0 aliphatic carbocycles. The molecule has 2 rings (SSSR count). The number of aromatic nitrogens is 1. The van der Waals surface area contributed by atoms with Crippen molar-refractivity contribution in [3.63, 3.8) is 0 Å². The third kappa shape index (κ3) is 8.63. The molecule has 6 nitrogen and oxygen atoms in total. The first-order chi connectivity index (χ1) is 15.0. The van der Waals surface area contributed by atoms with Crippen LogP contribution in [-0.2, 0) is 0 Å². The van der Waals surface area contributed by atoms with Crippen molar-refractivity contribution < 1.29 is 19.1 Å². The number of ether oxygens (including phenoxy) is 1. The van der Waals surface area contributed by atoms with Crippen LogP contribution in [-0.4, -0.2) is 22.7 Å². The second kappa shape index (κ2) is 14.2. The molecule has 0 saturated carbocycles. The molecule has 0 aliphatic rings. The van der Waals surface area contributed by atoms with E-state index in [0.29, 0.717) is 17.0 Å². The van der Waals surface area contributed by atoms with Gasteiger partial charge < -0.3 is 14.3 Å². The first-order valence-electron chi connectivity index (χ1n) is 11.8. The molecule has 0 aliphatic heterocycles. The van der Waals surface area contributed by atoms with Gasteiger partial charge >= 0.3 is 17.7 Å². The highest BCUT2D eigenvalue weighted by Gasteiger charge is 2.20. The van der Waals surface area contributed by atoms with E-state index in [-0.39, 0.29) is 16.3 Å². The summed E-state index contributed by atoms with van der Waals surface area (Å²) in [6.45, 7) is 4.29. The molecule has 0 radical (unpaired) electrons. The number of hydrogen-bond acceptors (Lipinski definition) is 6. The number of rotatable bonds is 17. The van der Waals surface area contributed by atoms with E-state index < -0.39 is 11.6 Å². The van der Waals surface area contributed by atoms with Crippen molar-refractivity contribution in [1.82, 2.24) is 4.98 Å². The predicted molar refractivity (Wildman–Crippen MR) is 126 cm³/mol. The molecule has 2 aromatic rings. The maximum absolute atomic E-state index is 12.1. The minimum atomic E-state index is -1.07. The van der Waals surface area contributed by atoms with Crippen LogP contribution in [0, 0.1) is 6.92 Å². The van der Waals surface area contributed by atoms with Gasteiger partial charge in [-0.3, -0.25) is 0 Å². The zero-order chi connectivity index (χ0) is 22.5. The lowest BCUT2D eigenvalue weighted by atomic mass is 10.0. The van der Waals surface area contributed by atoms with Gasteiger partial charge in [-0.25, -0.2) is 9.59 Å². The predicted octanol–water partition coefficient (Wildman–Crippen LogP) is 7.12. The standard InChI is InChI=1S/C24H37NO5S/c1-3-4-5-6-7-8-9-10-11-12-13-14-15-16-17-29-24-25-21-19(23(28)30-24)18(2)20(31-21)22(26)27/h3-17H2,1-2H3,(H,26,27). The van der Waals surface area contributed by atoms with Gasteiger partial charge in [0.1, 0.15) is 15.1 Å². The Morgan fingerprint density at radius 3 is 1.97 bits per heavy atom. The van der Waals surface area contributed by atoms with Gasteiger partial charge in [0.15, 0.2) is 0 Å². The number of carbonyl (C=O) groups is 1. The number of thiophene rings is 1. The Bertz CT molecular complexity index is 858. The third-order valence-electron chi connectivity index (χ3n) is 5.62. The Balaban J connectivity index is 1.54. The molecule has 2 aromatic heterocycles. The first kappa shape index (κ1) is 25.4. The first-order valence-corrected chi connectivity index (χ1v) is 12.7. The minimum Gasteiger partial charge on any atom is -0.477 e. The van der Waals surface area contributed by atoms with E-state index in [1.165, 1.54) is 77.0 Å². The lowest BCUT2D eigenvalue weighted by Gasteiger charge is -2.04. The lowest BCUT2D eigenvalue weighted by Crippen LogP contribution is -2.06. The summed E-state index contributed by atoms with van der Waals surface area (Å²) < 4.78 is 10.6. The van der Waals surface area contributed by atoms with Crippen molar-refractivity contribution in [2.45, 2.75) is 104 Å². The fraction of sp³-hybridized carbons (Fsp3) is 0.708. The number of carboxylic acids is 1. The largest absolute Gasteiger partial charge is 0.477 e. The maximum Gasteiger partial charge on any atom is 0.397 e. The van der Waals surface area contributed by atoms with Crippen LogP contribution in [0.25, 0.3) is 10.2 Å².